The minimum Gasteiger partial charge on any atom is -0.305 e. The average Bonchev–Trinajstić information content (AvgIpc) is 2.49. The van der Waals surface area contributed by atoms with Gasteiger partial charge in [0.2, 0.25) is 11.6 Å². The Kier molecular flexibility index (Phi) is 2.09. The smallest absolute Gasteiger partial charge is 0.235 e. The summed E-state index contributed by atoms with van der Waals surface area (Å²) in [4.78, 5) is 28.8. The minimum absolute atomic E-state index is 0.124. The quantitative estimate of drug-likeness (QED) is 0.626. The number of nitrogens with two attached hydrogens (primary N) is 1. The van der Waals surface area contributed by atoms with E-state index in [1.165, 1.54) is 12.5 Å². The Bertz CT molecular complexity index is 395. The van der Waals surface area contributed by atoms with E-state index in [0.29, 0.717) is 5.69 Å². The van der Waals surface area contributed by atoms with Gasteiger partial charge in [0.25, 0.3) is 0 Å². The number of aromatic nitrogens is 2. The SMILES string of the molecule is NC1(c2ccncn2)SCC(=O)C1=O. The molecular weight excluding hydrogens is 202 g/mol. The lowest BCUT2D eigenvalue weighted by Crippen LogP contribution is -2.41. The van der Waals surface area contributed by atoms with Gasteiger partial charge in [-0.05, 0) is 6.07 Å². The molecule has 6 heteroatoms. The number of hydrogen-bond donors (Lipinski definition) is 1. The molecule has 0 radical (unpaired) electrons. The number of ketones is 2. The topological polar surface area (TPSA) is 85.9 Å². The van der Waals surface area contributed by atoms with Gasteiger partial charge in [-0.15, -0.1) is 11.8 Å². The van der Waals surface area contributed by atoms with Gasteiger partial charge in [-0.1, -0.05) is 0 Å². The number of nitrogens with zero attached hydrogens (tertiary/aromatic N) is 2. The summed E-state index contributed by atoms with van der Waals surface area (Å²) in [5.41, 5.74) is 6.20. The van der Waals surface area contributed by atoms with Crippen LogP contribution in [0.4, 0.5) is 0 Å². The van der Waals surface area contributed by atoms with Crippen molar-refractivity contribution in [3.8, 4) is 0 Å². The molecule has 72 valence electrons. The summed E-state index contributed by atoms with van der Waals surface area (Å²) < 4.78 is 0. The predicted molar refractivity (Wildman–Crippen MR) is 50.4 cm³/mol. The molecule has 0 aromatic carbocycles. The Hall–Kier alpha value is -1.27. The maximum absolute atomic E-state index is 11.5. The van der Waals surface area contributed by atoms with E-state index in [-0.39, 0.29) is 5.75 Å². The Labute approximate surface area is 84.1 Å². The van der Waals surface area contributed by atoms with Gasteiger partial charge >= 0.3 is 0 Å². The first-order valence-electron chi connectivity index (χ1n) is 3.91. The molecule has 1 aromatic rings. The second-order valence-electron chi connectivity index (χ2n) is 2.87. The molecule has 0 amide bonds. The largest absolute Gasteiger partial charge is 0.305 e. The number of thioether (sulfide) groups is 1. The van der Waals surface area contributed by atoms with E-state index in [9.17, 15) is 9.59 Å². The molecule has 1 aliphatic rings. The van der Waals surface area contributed by atoms with Crippen molar-refractivity contribution in [3.63, 3.8) is 0 Å². The summed E-state index contributed by atoms with van der Waals surface area (Å²) in [6.45, 7) is 0. The highest BCUT2D eigenvalue weighted by atomic mass is 32.2. The van der Waals surface area contributed by atoms with E-state index in [1.807, 2.05) is 0 Å². The molecule has 2 N–H and O–H groups in total. The molecule has 1 aromatic heterocycles. The van der Waals surface area contributed by atoms with Gasteiger partial charge in [-0.3, -0.25) is 9.59 Å². The minimum atomic E-state index is -1.31. The molecule has 0 saturated carbocycles. The molecule has 1 saturated heterocycles. The van der Waals surface area contributed by atoms with Crippen LogP contribution in [0.1, 0.15) is 5.69 Å². The highest BCUT2D eigenvalue weighted by molar-refractivity contribution is 8.02. The van der Waals surface area contributed by atoms with Crippen LogP contribution < -0.4 is 5.73 Å². The van der Waals surface area contributed by atoms with E-state index < -0.39 is 16.4 Å². The molecule has 0 spiro atoms. The molecule has 0 aliphatic carbocycles. The van der Waals surface area contributed by atoms with Crippen molar-refractivity contribution < 1.29 is 9.59 Å². The maximum atomic E-state index is 11.5. The van der Waals surface area contributed by atoms with Crippen LogP contribution in [-0.2, 0) is 14.5 Å². The van der Waals surface area contributed by atoms with E-state index >= 15 is 0 Å². The fraction of sp³-hybridized carbons (Fsp3) is 0.250. The van der Waals surface area contributed by atoms with Crippen LogP contribution in [0.25, 0.3) is 0 Å². The van der Waals surface area contributed by atoms with Gasteiger partial charge in [0.1, 0.15) is 6.33 Å². The summed E-state index contributed by atoms with van der Waals surface area (Å²) in [6, 6.07) is 1.55. The molecule has 2 heterocycles. The fourth-order valence-corrected chi connectivity index (χ4v) is 2.22. The van der Waals surface area contributed by atoms with E-state index in [2.05, 4.69) is 9.97 Å². The Morgan fingerprint density at radius 3 is 2.79 bits per heavy atom. The van der Waals surface area contributed by atoms with Crippen molar-refractivity contribution in [2.45, 2.75) is 4.87 Å². The van der Waals surface area contributed by atoms with E-state index in [0.717, 1.165) is 11.8 Å². The summed E-state index contributed by atoms with van der Waals surface area (Å²) in [7, 11) is 0. The van der Waals surface area contributed by atoms with Gasteiger partial charge in [0, 0.05) is 6.20 Å². The maximum Gasteiger partial charge on any atom is 0.235 e. The van der Waals surface area contributed by atoms with Crippen molar-refractivity contribution in [1.29, 1.82) is 0 Å². The fourth-order valence-electron chi connectivity index (χ4n) is 1.22. The van der Waals surface area contributed by atoms with Gasteiger partial charge in [-0.25, -0.2) is 9.97 Å². The second-order valence-corrected chi connectivity index (χ2v) is 4.09. The zero-order valence-electron chi connectivity index (χ0n) is 7.14. The Morgan fingerprint density at radius 1 is 1.50 bits per heavy atom. The third-order valence-corrected chi connectivity index (χ3v) is 3.24. The molecule has 14 heavy (non-hydrogen) atoms. The van der Waals surface area contributed by atoms with Gasteiger partial charge in [0.15, 0.2) is 4.87 Å². The zero-order valence-corrected chi connectivity index (χ0v) is 7.95. The second kappa shape index (κ2) is 3.14. The van der Waals surface area contributed by atoms with Gasteiger partial charge in [-0.2, -0.15) is 0 Å². The molecule has 2 rings (SSSR count). The first-order chi connectivity index (χ1) is 6.64. The summed E-state index contributed by atoms with van der Waals surface area (Å²) in [5, 5.41) is 0. The lowest BCUT2D eigenvalue weighted by Gasteiger charge is -2.18. The van der Waals surface area contributed by atoms with E-state index in [1.54, 1.807) is 6.07 Å². The molecule has 1 unspecified atom stereocenters. The van der Waals surface area contributed by atoms with Crippen LogP contribution in [0.3, 0.4) is 0 Å². The summed E-state index contributed by atoms with van der Waals surface area (Å²) in [6.07, 6.45) is 2.80. The van der Waals surface area contributed by atoms with Crippen molar-refractivity contribution in [2.24, 2.45) is 5.73 Å². The molecular formula is C8H7N3O2S. The van der Waals surface area contributed by atoms with Crippen LogP contribution in [0.15, 0.2) is 18.6 Å². The predicted octanol–water partition coefficient (Wildman–Crippen LogP) is -0.527. The van der Waals surface area contributed by atoms with Crippen LogP contribution in [0.5, 0.6) is 0 Å². The van der Waals surface area contributed by atoms with Crippen LogP contribution in [0, 0.1) is 0 Å². The normalized spacial score (nSPS) is 26.9. The van der Waals surface area contributed by atoms with Crippen LogP contribution in [0.2, 0.25) is 0 Å². The standard InChI is InChI=1S/C8H7N3O2S/c9-8(6-1-2-10-4-11-6)7(13)5(12)3-14-8/h1-2,4H,3,9H2. The van der Waals surface area contributed by atoms with Crippen LogP contribution >= 0.6 is 11.8 Å². The first-order valence-corrected chi connectivity index (χ1v) is 4.90. The number of carbonyl (C=O) groups excluding carboxylic acids is 2. The van der Waals surface area contributed by atoms with Gasteiger partial charge < -0.3 is 5.73 Å². The summed E-state index contributed by atoms with van der Waals surface area (Å²) in [5.74, 6) is -0.906. The van der Waals surface area contributed by atoms with Crippen molar-refractivity contribution in [3.05, 3.63) is 24.3 Å². The lowest BCUT2D eigenvalue weighted by molar-refractivity contribution is -0.135. The average molecular weight is 209 g/mol. The highest BCUT2D eigenvalue weighted by Crippen LogP contribution is 2.36. The van der Waals surface area contributed by atoms with Crippen molar-refractivity contribution >= 4 is 23.3 Å². The van der Waals surface area contributed by atoms with Crippen molar-refractivity contribution in [1.82, 2.24) is 9.97 Å². The lowest BCUT2D eigenvalue weighted by atomic mass is 10.1. The summed E-state index contributed by atoms with van der Waals surface area (Å²) >= 11 is 1.10. The molecule has 1 aliphatic heterocycles. The highest BCUT2D eigenvalue weighted by Gasteiger charge is 2.47. The number of carbonyl (C=O) groups is 2. The molecule has 1 fully saturated rings. The molecule has 1 atom stereocenters. The monoisotopic (exact) mass is 209 g/mol. The Balaban J connectivity index is 2.44. The molecule has 5 nitrogen and oxygen atoms in total. The van der Waals surface area contributed by atoms with E-state index in [4.69, 9.17) is 5.73 Å². The van der Waals surface area contributed by atoms with Crippen LogP contribution in [-0.4, -0.2) is 27.3 Å². The Morgan fingerprint density at radius 2 is 2.29 bits per heavy atom. The third kappa shape index (κ3) is 1.23. The van der Waals surface area contributed by atoms with Crippen molar-refractivity contribution in [2.75, 3.05) is 5.75 Å². The zero-order chi connectivity index (χ0) is 10.2. The third-order valence-electron chi connectivity index (χ3n) is 1.98. The number of hydrogen-bond acceptors (Lipinski definition) is 6. The van der Waals surface area contributed by atoms with Gasteiger partial charge in [0.05, 0.1) is 11.4 Å². The number of rotatable bonds is 1. The number of Topliss-reactive ketones (excluding diaryl/α,β-unsaturated/α-hetero) is 2. The molecule has 0 bridgehead atoms. The first kappa shape index (κ1) is 9.29.